The number of amides is 1. The molecule has 0 aromatic heterocycles. The molecule has 1 aliphatic heterocycles. The number of terminal acetylenes is 1. The van der Waals surface area contributed by atoms with Crippen LogP contribution in [0.4, 0.5) is 5.69 Å². The number of methoxy groups -OCH3 is 1. The molecular weight excluding hydrogens is 410 g/mol. The van der Waals surface area contributed by atoms with E-state index in [0.29, 0.717) is 26.4 Å². The predicted octanol–water partition coefficient (Wildman–Crippen LogP) is 3.81. The number of carbonyl (C=O) groups excluding carboxylic acids is 1. The molecule has 0 radical (unpaired) electrons. The first-order valence-corrected chi connectivity index (χ1v) is 9.52. The fourth-order valence-corrected chi connectivity index (χ4v) is 3.93. The van der Waals surface area contributed by atoms with Crippen molar-refractivity contribution >= 4 is 51.9 Å². The van der Waals surface area contributed by atoms with Gasteiger partial charge in [-0.05, 0) is 42.0 Å². The van der Waals surface area contributed by atoms with E-state index in [1.165, 1.54) is 24.1 Å². The highest BCUT2D eigenvalue weighted by molar-refractivity contribution is 8.27. The first-order valence-electron chi connectivity index (χ1n) is 8.30. The van der Waals surface area contributed by atoms with Gasteiger partial charge in [-0.3, -0.25) is 9.69 Å². The van der Waals surface area contributed by atoms with Crippen LogP contribution >= 0.6 is 24.0 Å². The minimum Gasteiger partial charge on any atom is -0.493 e. The summed E-state index contributed by atoms with van der Waals surface area (Å²) in [5.41, 5.74) is 1.20. The molecule has 1 aliphatic rings. The van der Waals surface area contributed by atoms with Crippen molar-refractivity contribution in [3.63, 3.8) is 0 Å². The number of anilines is 1. The zero-order chi connectivity index (χ0) is 21.0. The second-order valence-corrected chi connectivity index (χ2v) is 7.45. The third-order valence-electron chi connectivity index (χ3n) is 3.94. The summed E-state index contributed by atoms with van der Waals surface area (Å²) in [6, 6.07) is 11.3. The van der Waals surface area contributed by atoms with Gasteiger partial charge in [0.2, 0.25) is 0 Å². The number of hydrogen-bond acceptors (Lipinski definition) is 6. The molecule has 3 rings (SSSR count). The van der Waals surface area contributed by atoms with E-state index in [1.54, 1.807) is 36.4 Å². The van der Waals surface area contributed by atoms with E-state index in [0.717, 1.165) is 17.3 Å². The summed E-state index contributed by atoms with van der Waals surface area (Å²) < 4.78 is 11.1. The third kappa shape index (κ3) is 4.42. The van der Waals surface area contributed by atoms with Gasteiger partial charge in [0.25, 0.3) is 5.91 Å². The fraction of sp³-hybridized carbons (Fsp3) is 0.0952. The van der Waals surface area contributed by atoms with Crippen LogP contribution in [0.2, 0.25) is 0 Å². The van der Waals surface area contributed by atoms with E-state index in [4.69, 9.17) is 28.1 Å². The molecule has 1 amide bonds. The van der Waals surface area contributed by atoms with Crippen molar-refractivity contribution in [1.29, 1.82) is 0 Å². The highest BCUT2D eigenvalue weighted by Gasteiger charge is 2.33. The van der Waals surface area contributed by atoms with Crippen molar-refractivity contribution in [2.24, 2.45) is 0 Å². The summed E-state index contributed by atoms with van der Waals surface area (Å²) in [5, 5.41) is 9.17. The van der Waals surface area contributed by atoms with Gasteiger partial charge in [0, 0.05) is 0 Å². The van der Waals surface area contributed by atoms with Crippen molar-refractivity contribution in [3.05, 3.63) is 58.5 Å². The second kappa shape index (κ2) is 8.82. The molecule has 1 saturated heterocycles. The lowest BCUT2D eigenvalue weighted by Crippen LogP contribution is -2.27. The first kappa shape index (κ1) is 20.5. The average Bonchev–Trinajstić information content (AvgIpc) is 2.99. The van der Waals surface area contributed by atoms with E-state index in [9.17, 15) is 14.7 Å². The van der Waals surface area contributed by atoms with Gasteiger partial charge < -0.3 is 14.6 Å². The molecule has 0 unspecified atom stereocenters. The number of ether oxygens (including phenoxy) is 2. The van der Waals surface area contributed by atoms with Crippen LogP contribution in [0.1, 0.15) is 15.9 Å². The third-order valence-corrected chi connectivity index (χ3v) is 5.24. The maximum atomic E-state index is 12.9. The number of rotatable bonds is 6. The second-order valence-electron chi connectivity index (χ2n) is 5.78. The maximum absolute atomic E-state index is 12.9. The van der Waals surface area contributed by atoms with Gasteiger partial charge in [0.15, 0.2) is 15.8 Å². The molecule has 0 spiro atoms. The van der Waals surface area contributed by atoms with E-state index in [2.05, 4.69) is 5.92 Å². The van der Waals surface area contributed by atoms with Crippen LogP contribution in [-0.2, 0) is 4.79 Å². The molecule has 6 nitrogen and oxygen atoms in total. The lowest BCUT2D eigenvalue weighted by Gasteiger charge is -2.14. The largest absolute Gasteiger partial charge is 0.493 e. The van der Waals surface area contributed by atoms with E-state index < -0.39 is 5.97 Å². The van der Waals surface area contributed by atoms with Crippen molar-refractivity contribution in [2.45, 2.75) is 0 Å². The molecule has 1 heterocycles. The molecule has 2 aromatic carbocycles. The fourth-order valence-electron chi connectivity index (χ4n) is 2.63. The Morgan fingerprint density at radius 3 is 2.79 bits per heavy atom. The molecule has 8 heteroatoms. The highest BCUT2D eigenvalue weighted by atomic mass is 32.2. The number of carboxylic acid groups (broad SMARTS) is 1. The number of aromatic carboxylic acids is 1. The molecule has 0 atom stereocenters. The van der Waals surface area contributed by atoms with Gasteiger partial charge in [0.1, 0.15) is 6.61 Å². The molecule has 0 aliphatic carbocycles. The Morgan fingerprint density at radius 1 is 1.31 bits per heavy atom. The minimum atomic E-state index is -1.08. The Hall–Kier alpha value is -3.28. The summed E-state index contributed by atoms with van der Waals surface area (Å²) >= 11 is 6.48. The monoisotopic (exact) mass is 425 g/mol. The van der Waals surface area contributed by atoms with Gasteiger partial charge in [-0.2, -0.15) is 0 Å². The number of thiocarbonyl (C=S) groups is 1. The van der Waals surface area contributed by atoms with Crippen LogP contribution in [0.15, 0.2) is 47.4 Å². The average molecular weight is 425 g/mol. The number of hydrogen-bond donors (Lipinski definition) is 1. The lowest BCUT2D eigenvalue weighted by atomic mass is 10.1. The Morgan fingerprint density at radius 2 is 2.10 bits per heavy atom. The maximum Gasteiger partial charge on any atom is 0.335 e. The van der Waals surface area contributed by atoms with Crippen molar-refractivity contribution in [2.75, 3.05) is 18.6 Å². The van der Waals surface area contributed by atoms with Gasteiger partial charge >= 0.3 is 5.97 Å². The van der Waals surface area contributed by atoms with E-state index >= 15 is 0 Å². The van der Waals surface area contributed by atoms with Crippen molar-refractivity contribution < 1.29 is 24.2 Å². The number of carboxylic acids is 1. The zero-order valence-corrected chi connectivity index (χ0v) is 16.9. The van der Waals surface area contributed by atoms with Crippen LogP contribution in [0.3, 0.4) is 0 Å². The Balaban J connectivity index is 1.89. The Labute approximate surface area is 177 Å². The number of benzene rings is 2. The van der Waals surface area contributed by atoms with Gasteiger partial charge in [-0.15, -0.1) is 6.42 Å². The number of nitrogens with zero attached hydrogens (tertiary/aromatic N) is 1. The standard InChI is InChI=1S/C21H15NO5S2/c1-3-9-27-16-8-7-13(10-17(16)26-2)11-18-19(23)22(21(28)29-18)15-6-4-5-14(12-15)20(24)25/h1,4-8,10-12H,9H2,2H3,(H,24,25). The molecule has 2 aromatic rings. The molecule has 0 bridgehead atoms. The van der Waals surface area contributed by atoms with Crippen LogP contribution in [0.5, 0.6) is 11.5 Å². The van der Waals surface area contributed by atoms with Gasteiger partial charge in [-0.1, -0.05) is 42.0 Å². The van der Waals surface area contributed by atoms with Crippen molar-refractivity contribution in [3.8, 4) is 23.8 Å². The summed E-state index contributed by atoms with van der Waals surface area (Å²) in [6.07, 6.45) is 6.90. The molecule has 146 valence electrons. The van der Waals surface area contributed by atoms with Crippen LogP contribution in [0.25, 0.3) is 6.08 Å². The topological polar surface area (TPSA) is 76.1 Å². The van der Waals surface area contributed by atoms with Crippen LogP contribution < -0.4 is 14.4 Å². The predicted molar refractivity (Wildman–Crippen MR) is 116 cm³/mol. The number of carbonyl (C=O) groups is 2. The van der Waals surface area contributed by atoms with E-state index in [1.807, 2.05) is 0 Å². The Bertz CT molecular complexity index is 1070. The summed E-state index contributed by atoms with van der Waals surface area (Å²) in [6.45, 7) is 0.115. The van der Waals surface area contributed by atoms with Crippen molar-refractivity contribution in [1.82, 2.24) is 0 Å². The summed E-state index contributed by atoms with van der Waals surface area (Å²) in [4.78, 5) is 25.8. The Kier molecular flexibility index (Phi) is 6.22. The van der Waals surface area contributed by atoms with Gasteiger partial charge in [-0.25, -0.2) is 4.79 Å². The first-order chi connectivity index (χ1) is 13.9. The minimum absolute atomic E-state index is 0.0767. The summed E-state index contributed by atoms with van der Waals surface area (Å²) in [7, 11) is 1.51. The molecular formula is C21H15NO5S2. The quantitative estimate of drug-likeness (QED) is 0.428. The SMILES string of the molecule is C#CCOc1ccc(C=C2SC(=S)N(c3cccc(C(=O)O)c3)C2=O)cc1OC. The van der Waals surface area contributed by atoms with Crippen LogP contribution in [0, 0.1) is 12.3 Å². The molecule has 1 N–H and O–H groups in total. The number of thioether (sulfide) groups is 1. The van der Waals surface area contributed by atoms with Crippen LogP contribution in [-0.4, -0.2) is 35.0 Å². The smallest absolute Gasteiger partial charge is 0.335 e. The van der Waals surface area contributed by atoms with E-state index in [-0.39, 0.29) is 18.1 Å². The molecule has 29 heavy (non-hydrogen) atoms. The van der Waals surface area contributed by atoms with Gasteiger partial charge in [0.05, 0.1) is 23.3 Å². The normalized spacial score (nSPS) is 14.8. The lowest BCUT2D eigenvalue weighted by molar-refractivity contribution is -0.113. The summed E-state index contributed by atoms with van der Waals surface area (Å²) in [5.74, 6) is 1.97. The molecule has 1 fully saturated rings. The highest BCUT2D eigenvalue weighted by Crippen LogP contribution is 2.37. The molecule has 0 saturated carbocycles. The zero-order valence-electron chi connectivity index (χ0n) is 15.2.